The van der Waals surface area contributed by atoms with Gasteiger partial charge in [-0.3, -0.25) is 4.79 Å². The molecule has 1 aromatic rings. The Morgan fingerprint density at radius 2 is 2.05 bits per heavy atom. The van der Waals surface area contributed by atoms with Gasteiger partial charge in [-0.15, -0.1) is 0 Å². The van der Waals surface area contributed by atoms with E-state index in [-0.39, 0.29) is 18.1 Å². The van der Waals surface area contributed by atoms with Gasteiger partial charge in [0.25, 0.3) is 5.91 Å². The Morgan fingerprint density at radius 3 is 2.63 bits per heavy atom. The van der Waals surface area contributed by atoms with Gasteiger partial charge in [-0.1, -0.05) is 12.1 Å². The lowest BCUT2D eigenvalue weighted by Crippen LogP contribution is -2.46. The minimum Gasteiger partial charge on any atom is -0.493 e. The first-order chi connectivity index (χ1) is 9.04. The topological polar surface area (TPSA) is 48.0 Å². The number of nitrogens with zero attached hydrogens (tertiary/aromatic N) is 1. The molecule has 0 spiro atoms. The smallest absolute Gasteiger partial charge is 0.262 e. The average molecular weight is 265 g/mol. The first-order valence-corrected chi connectivity index (χ1v) is 6.18. The number of carbonyl (C=O) groups excluding carboxylic acids is 1. The van der Waals surface area contributed by atoms with Crippen LogP contribution in [0, 0.1) is 0 Å². The van der Waals surface area contributed by atoms with Gasteiger partial charge in [0.15, 0.2) is 18.1 Å². The van der Waals surface area contributed by atoms with Crippen molar-refractivity contribution in [3.05, 3.63) is 24.3 Å². The van der Waals surface area contributed by atoms with E-state index >= 15 is 0 Å². The number of para-hydroxylation sites is 2. The Bertz CT molecular complexity index is 459. The highest BCUT2D eigenvalue weighted by Crippen LogP contribution is 2.26. The maximum absolute atomic E-state index is 12.1. The summed E-state index contributed by atoms with van der Waals surface area (Å²) in [5, 5.41) is 0. The summed E-state index contributed by atoms with van der Waals surface area (Å²) in [6, 6.07) is 7.26. The van der Waals surface area contributed by atoms with E-state index in [4.69, 9.17) is 14.2 Å². The van der Waals surface area contributed by atoms with Crippen molar-refractivity contribution < 1.29 is 19.0 Å². The van der Waals surface area contributed by atoms with Gasteiger partial charge in [-0.25, -0.2) is 0 Å². The summed E-state index contributed by atoms with van der Waals surface area (Å²) in [5.74, 6) is 1.09. The highest BCUT2D eigenvalue weighted by Gasteiger charge is 2.36. The van der Waals surface area contributed by atoms with Crippen LogP contribution in [-0.2, 0) is 9.53 Å². The van der Waals surface area contributed by atoms with Crippen LogP contribution in [0.1, 0.15) is 13.8 Å². The molecule has 0 aromatic heterocycles. The summed E-state index contributed by atoms with van der Waals surface area (Å²) < 4.78 is 16.0. The lowest BCUT2D eigenvalue weighted by atomic mass is 10.1. The van der Waals surface area contributed by atoms with Crippen LogP contribution >= 0.6 is 0 Å². The number of carbonyl (C=O) groups is 1. The van der Waals surface area contributed by atoms with Crippen LogP contribution in [-0.4, -0.2) is 43.4 Å². The fourth-order valence-electron chi connectivity index (χ4n) is 2.00. The van der Waals surface area contributed by atoms with Gasteiger partial charge in [0.1, 0.15) is 6.73 Å². The van der Waals surface area contributed by atoms with E-state index in [0.29, 0.717) is 24.8 Å². The van der Waals surface area contributed by atoms with Crippen molar-refractivity contribution in [3.8, 4) is 11.5 Å². The Kier molecular flexibility index (Phi) is 3.95. The standard InChI is InChI=1S/C14H19NO4/c1-14(2)9-18-10-15(14)13(16)8-19-12-7-5-4-6-11(12)17-3/h4-7H,8-10H2,1-3H3. The molecule has 5 heteroatoms. The molecular formula is C14H19NO4. The van der Waals surface area contributed by atoms with E-state index in [1.165, 1.54) is 0 Å². The molecule has 5 nitrogen and oxygen atoms in total. The van der Waals surface area contributed by atoms with Gasteiger partial charge in [0.05, 0.1) is 19.3 Å². The largest absolute Gasteiger partial charge is 0.493 e. The molecule has 0 N–H and O–H groups in total. The highest BCUT2D eigenvalue weighted by atomic mass is 16.5. The van der Waals surface area contributed by atoms with E-state index in [0.717, 1.165) is 0 Å². The number of amides is 1. The quantitative estimate of drug-likeness (QED) is 0.831. The predicted octanol–water partition coefficient (Wildman–Crippen LogP) is 1.67. The summed E-state index contributed by atoms with van der Waals surface area (Å²) in [4.78, 5) is 13.8. The normalized spacial score (nSPS) is 17.3. The summed E-state index contributed by atoms with van der Waals surface area (Å²) in [6.45, 7) is 4.80. The van der Waals surface area contributed by atoms with Crippen molar-refractivity contribution in [2.75, 3.05) is 27.1 Å². The second kappa shape index (κ2) is 5.48. The van der Waals surface area contributed by atoms with Crippen molar-refractivity contribution in [2.45, 2.75) is 19.4 Å². The SMILES string of the molecule is COc1ccccc1OCC(=O)N1COCC1(C)C. The number of hydrogen-bond acceptors (Lipinski definition) is 4. The molecule has 2 rings (SSSR count). The van der Waals surface area contributed by atoms with Crippen molar-refractivity contribution in [1.29, 1.82) is 0 Å². The predicted molar refractivity (Wildman–Crippen MR) is 70.2 cm³/mol. The number of benzene rings is 1. The van der Waals surface area contributed by atoms with Crippen molar-refractivity contribution in [3.63, 3.8) is 0 Å². The third-order valence-corrected chi connectivity index (χ3v) is 3.13. The lowest BCUT2D eigenvalue weighted by Gasteiger charge is -2.29. The third kappa shape index (κ3) is 2.98. The molecule has 1 fully saturated rings. The van der Waals surface area contributed by atoms with Gasteiger partial charge in [-0.05, 0) is 26.0 Å². The first-order valence-electron chi connectivity index (χ1n) is 6.18. The molecule has 1 saturated heterocycles. The maximum Gasteiger partial charge on any atom is 0.262 e. The van der Waals surface area contributed by atoms with E-state index in [1.807, 2.05) is 26.0 Å². The summed E-state index contributed by atoms with van der Waals surface area (Å²) in [5.41, 5.74) is -0.277. The first kappa shape index (κ1) is 13.7. The molecule has 104 valence electrons. The molecule has 19 heavy (non-hydrogen) atoms. The minimum atomic E-state index is -0.277. The number of ether oxygens (including phenoxy) is 3. The van der Waals surface area contributed by atoms with Crippen LogP contribution in [0.3, 0.4) is 0 Å². The van der Waals surface area contributed by atoms with Crippen molar-refractivity contribution >= 4 is 5.91 Å². The zero-order chi connectivity index (χ0) is 13.9. The van der Waals surface area contributed by atoms with Gasteiger partial charge in [0, 0.05) is 0 Å². The van der Waals surface area contributed by atoms with Gasteiger partial charge < -0.3 is 19.1 Å². The lowest BCUT2D eigenvalue weighted by molar-refractivity contribution is -0.137. The average Bonchev–Trinajstić information content (AvgIpc) is 2.76. The fourth-order valence-corrected chi connectivity index (χ4v) is 2.00. The molecule has 1 heterocycles. The van der Waals surface area contributed by atoms with Crippen LogP contribution in [0.2, 0.25) is 0 Å². The van der Waals surface area contributed by atoms with E-state index in [2.05, 4.69) is 0 Å². The Labute approximate surface area is 113 Å². The number of hydrogen-bond donors (Lipinski definition) is 0. The molecule has 1 aliphatic rings. The third-order valence-electron chi connectivity index (χ3n) is 3.13. The minimum absolute atomic E-state index is 0.0207. The highest BCUT2D eigenvalue weighted by molar-refractivity contribution is 5.78. The van der Waals surface area contributed by atoms with Crippen LogP contribution < -0.4 is 9.47 Å². The molecule has 0 radical (unpaired) electrons. The number of rotatable bonds is 4. The molecule has 1 aliphatic heterocycles. The molecule has 0 saturated carbocycles. The Hall–Kier alpha value is -1.75. The number of methoxy groups -OCH3 is 1. The zero-order valence-corrected chi connectivity index (χ0v) is 11.5. The van der Waals surface area contributed by atoms with Gasteiger partial charge in [0.2, 0.25) is 0 Å². The summed E-state index contributed by atoms with van der Waals surface area (Å²) in [7, 11) is 1.57. The van der Waals surface area contributed by atoms with Crippen LogP contribution in [0.5, 0.6) is 11.5 Å². The van der Waals surface area contributed by atoms with Crippen LogP contribution in [0.4, 0.5) is 0 Å². The van der Waals surface area contributed by atoms with Crippen LogP contribution in [0.25, 0.3) is 0 Å². The molecule has 1 amide bonds. The molecular weight excluding hydrogens is 246 g/mol. The van der Waals surface area contributed by atoms with Crippen LogP contribution in [0.15, 0.2) is 24.3 Å². The second-order valence-electron chi connectivity index (χ2n) is 5.05. The molecule has 1 aromatic carbocycles. The zero-order valence-electron chi connectivity index (χ0n) is 11.5. The van der Waals surface area contributed by atoms with Gasteiger partial charge in [-0.2, -0.15) is 0 Å². The van der Waals surface area contributed by atoms with E-state index in [1.54, 1.807) is 24.1 Å². The Balaban J connectivity index is 1.97. The Morgan fingerprint density at radius 1 is 1.37 bits per heavy atom. The van der Waals surface area contributed by atoms with Crippen molar-refractivity contribution in [1.82, 2.24) is 4.90 Å². The molecule has 0 atom stereocenters. The summed E-state index contributed by atoms with van der Waals surface area (Å²) in [6.07, 6.45) is 0. The molecule has 0 unspecified atom stereocenters. The second-order valence-corrected chi connectivity index (χ2v) is 5.05. The fraction of sp³-hybridized carbons (Fsp3) is 0.500. The van der Waals surface area contributed by atoms with Crippen molar-refractivity contribution in [2.24, 2.45) is 0 Å². The molecule has 0 bridgehead atoms. The van der Waals surface area contributed by atoms with Gasteiger partial charge >= 0.3 is 0 Å². The summed E-state index contributed by atoms with van der Waals surface area (Å²) >= 11 is 0. The van der Waals surface area contributed by atoms with E-state index < -0.39 is 0 Å². The monoisotopic (exact) mass is 265 g/mol. The molecule has 0 aliphatic carbocycles. The maximum atomic E-state index is 12.1. The van der Waals surface area contributed by atoms with E-state index in [9.17, 15) is 4.79 Å².